The van der Waals surface area contributed by atoms with Crippen LogP contribution in [0.2, 0.25) is 0 Å². The number of hydrogen-bond donors (Lipinski definition) is 0. The molecular weight excluding hydrogens is 288 g/mol. The van der Waals surface area contributed by atoms with Crippen molar-refractivity contribution in [2.75, 3.05) is 0 Å². The van der Waals surface area contributed by atoms with Gasteiger partial charge in [-0.2, -0.15) is 0 Å². The van der Waals surface area contributed by atoms with Gasteiger partial charge in [0.1, 0.15) is 5.52 Å². The van der Waals surface area contributed by atoms with Crippen molar-refractivity contribution in [2.24, 2.45) is 0 Å². The van der Waals surface area contributed by atoms with Crippen molar-refractivity contribution in [2.45, 2.75) is 6.92 Å². The van der Waals surface area contributed by atoms with E-state index in [0.717, 1.165) is 26.3 Å². The van der Waals surface area contributed by atoms with Gasteiger partial charge in [-0.1, -0.05) is 0 Å². The van der Waals surface area contributed by atoms with Gasteiger partial charge in [-0.05, 0) is 34.1 Å². The predicted octanol–water partition coefficient (Wildman–Crippen LogP) is 4.02. The van der Waals surface area contributed by atoms with Gasteiger partial charge >= 0.3 is 0 Å². The van der Waals surface area contributed by atoms with Crippen LogP contribution in [0, 0.1) is 6.92 Å². The van der Waals surface area contributed by atoms with E-state index in [1.54, 1.807) is 11.3 Å². The Labute approximate surface area is 104 Å². The first kappa shape index (κ1) is 9.99. The zero-order chi connectivity index (χ0) is 11.1. The van der Waals surface area contributed by atoms with Crippen LogP contribution in [0.15, 0.2) is 31.9 Å². The van der Waals surface area contributed by atoms with E-state index in [0.29, 0.717) is 5.89 Å². The van der Waals surface area contributed by atoms with Gasteiger partial charge in [-0.25, -0.2) is 9.97 Å². The Hall–Kier alpha value is -1.20. The van der Waals surface area contributed by atoms with E-state index >= 15 is 0 Å². The van der Waals surface area contributed by atoms with Gasteiger partial charge in [0.2, 0.25) is 0 Å². The van der Waals surface area contributed by atoms with Crippen LogP contribution in [-0.2, 0) is 0 Å². The third-order valence-electron chi connectivity index (χ3n) is 2.27. The van der Waals surface area contributed by atoms with Crippen molar-refractivity contribution in [3.05, 3.63) is 33.4 Å². The Kier molecular flexibility index (Phi) is 2.29. The molecule has 0 saturated heterocycles. The van der Waals surface area contributed by atoms with E-state index in [4.69, 9.17) is 4.42 Å². The average Bonchev–Trinajstić information content (AvgIpc) is 2.81. The summed E-state index contributed by atoms with van der Waals surface area (Å²) >= 11 is 4.93. The summed E-state index contributed by atoms with van der Waals surface area (Å²) in [7, 11) is 0. The quantitative estimate of drug-likeness (QED) is 0.680. The summed E-state index contributed by atoms with van der Waals surface area (Å²) in [6, 6.07) is 5.92. The van der Waals surface area contributed by atoms with Gasteiger partial charge in [0.05, 0.1) is 5.69 Å². The van der Waals surface area contributed by atoms with E-state index in [1.165, 1.54) is 0 Å². The summed E-state index contributed by atoms with van der Waals surface area (Å²) in [5.74, 6) is 0.687. The van der Waals surface area contributed by atoms with Gasteiger partial charge in [-0.15, -0.1) is 11.3 Å². The topological polar surface area (TPSA) is 38.9 Å². The Morgan fingerprint density at radius 2 is 2.19 bits per heavy atom. The molecule has 2 aromatic heterocycles. The highest BCUT2D eigenvalue weighted by molar-refractivity contribution is 9.11. The second-order valence-corrected chi connectivity index (χ2v) is 5.54. The van der Waals surface area contributed by atoms with E-state index in [9.17, 15) is 0 Å². The van der Waals surface area contributed by atoms with Gasteiger partial charge in [0.25, 0.3) is 0 Å². The molecule has 0 aliphatic carbocycles. The lowest BCUT2D eigenvalue weighted by Gasteiger charge is -1.94. The molecule has 0 aliphatic heterocycles. The fourth-order valence-corrected chi connectivity index (χ4v) is 2.61. The van der Waals surface area contributed by atoms with Gasteiger partial charge < -0.3 is 4.42 Å². The molecule has 0 N–H and O–H groups in total. The third kappa shape index (κ3) is 1.66. The van der Waals surface area contributed by atoms with Crippen LogP contribution in [-0.4, -0.2) is 9.97 Å². The maximum absolute atomic E-state index is 5.43. The molecule has 0 bridgehead atoms. The summed E-state index contributed by atoms with van der Waals surface area (Å²) in [5.41, 5.74) is 3.71. The molecule has 3 nitrogen and oxygen atoms in total. The van der Waals surface area contributed by atoms with Crippen LogP contribution in [0.25, 0.3) is 22.4 Å². The van der Waals surface area contributed by atoms with Gasteiger partial charge in [0, 0.05) is 17.9 Å². The van der Waals surface area contributed by atoms with Crippen LogP contribution in [0.1, 0.15) is 5.89 Å². The molecule has 3 aromatic rings. The maximum Gasteiger partial charge on any atom is 0.192 e. The molecule has 0 amide bonds. The molecule has 80 valence electrons. The minimum absolute atomic E-state index is 0.687. The Balaban J connectivity index is 2.17. The average molecular weight is 295 g/mol. The molecule has 0 radical (unpaired) electrons. The molecule has 5 heteroatoms. The summed E-state index contributed by atoms with van der Waals surface area (Å²) in [6.45, 7) is 1.85. The number of nitrogens with zero attached hydrogens (tertiary/aromatic N) is 2. The zero-order valence-corrected chi connectivity index (χ0v) is 10.8. The smallest absolute Gasteiger partial charge is 0.192 e. The first-order chi connectivity index (χ1) is 7.72. The highest BCUT2D eigenvalue weighted by Gasteiger charge is 2.07. The molecule has 2 heterocycles. The Bertz CT molecular complexity index is 659. The molecule has 1 aromatic carbocycles. The lowest BCUT2D eigenvalue weighted by atomic mass is 10.1. The standard InChI is InChI=1S/C11H7BrN2OS/c1-6-13-8-4-7(2-3-10(8)15-6)9-5-16-11(12)14-9/h2-5H,1H3. The van der Waals surface area contributed by atoms with E-state index in [1.807, 2.05) is 30.5 Å². The number of hydrogen-bond acceptors (Lipinski definition) is 4. The molecule has 0 saturated carbocycles. The summed E-state index contributed by atoms with van der Waals surface area (Å²) in [4.78, 5) is 8.67. The number of halogens is 1. The van der Waals surface area contributed by atoms with E-state index in [-0.39, 0.29) is 0 Å². The summed E-state index contributed by atoms with van der Waals surface area (Å²) < 4.78 is 6.31. The highest BCUT2D eigenvalue weighted by atomic mass is 79.9. The van der Waals surface area contributed by atoms with Crippen LogP contribution < -0.4 is 0 Å². The van der Waals surface area contributed by atoms with Crippen LogP contribution in [0.3, 0.4) is 0 Å². The van der Waals surface area contributed by atoms with Crippen molar-refractivity contribution in [1.82, 2.24) is 9.97 Å². The number of aromatic nitrogens is 2. The van der Waals surface area contributed by atoms with Gasteiger partial charge in [-0.3, -0.25) is 0 Å². The monoisotopic (exact) mass is 294 g/mol. The van der Waals surface area contributed by atoms with Crippen LogP contribution >= 0.6 is 27.3 Å². The predicted molar refractivity (Wildman–Crippen MR) is 67.6 cm³/mol. The molecular formula is C11H7BrN2OS. The third-order valence-corrected chi connectivity index (χ3v) is 3.63. The first-order valence-corrected chi connectivity index (χ1v) is 6.38. The zero-order valence-electron chi connectivity index (χ0n) is 8.40. The maximum atomic E-state index is 5.43. The van der Waals surface area contributed by atoms with Crippen LogP contribution in [0.5, 0.6) is 0 Å². The minimum atomic E-state index is 0.687. The number of fused-ring (bicyclic) bond motifs is 1. The molecule has 0 atom stereocenters. The Morgan fingerprint density at radius 3 is 2.94 bits per heavy atom. The summed E-state index contributed by atoms with van der Waals surface area (Å²) in [6.07, 6.45) is 0. The van der Waals surface area contributed by atoms with E-state index in [2.05, 4.69) is 25.9 Å². The number of aryl methyl sites for hydroxylation is 1. The van der Waals surface area contributed by atoms with Crippen LogP contribution in [0.4, 0.5) is 0 Å². The van der Waals surface area contributed by atoms with Gasteiger partial charge in [0.15, 0.2) is 15.4 Å². The van der Waals surface area contributed by atoms with Crippen molar-refractivity contribution in [1.29, 1.82) is 0 Å². The highest BCUT2D eigenvalue weighted by Crippen LogP contribution is 2.27. The fourth-order valence-electron chi connectivity index (χ4n) is 1.59. The Morgan fingerprint density at radius 1 is 1.31 bits per heavy atom. The first-order valence-electron chi connectivity index (χ1n) is 4.71. The lowest BCUT2D eigenvalue weighted by Crippen LogP contribution is -1.77. The molecule has 3 rings (SSSR count). The lowest BCUT2D eigenvalue weighted by molar-refractivity contribution is 0.561. The van der Waals surface area contributed by atoms with Crippen molar-refractivity contribution >= 4 is 38.4 Å². The van der Waals surface area contributed by atoms with Crippen molar-refractivity contribution < 1.29 is 4.42 Å². The number of thiazole rings is 1. The fraction of sp³-hybridized carbons (Fsp3) is 0.0909. The summed E-state index contributed by atoms with van der Waals surface area (Å²) in [5, 5.41) is 2.01. The molecule has 0 aliphatic rings. The second-order valence-electron chi connectivity index (χ2n) is 3.40. The molecule has 0 unspecified atom stereocenters. The normalized spacial score (nSPS) is 11.1. The number of rotatable bonds is 1. The number of benzene rings is 1. The molecule has 16 heavy (non-hydrogen) atoms. The second kappa shape index (κ2) is 3.68. The van der Waals surface area contributed by atoms with Crippen molar-refractivity contribution in [3.8, 4) is 11.3 Å². The van der Waals surface area contributed by atoms with E-state index < -0.39 is 0 Å². The number of oxazole rings is 1. The molecule has 0 fully saturated rings. The minimum Gasteiger partial charge on any atom is -0.441 e. The SMILES string of the molecule is Cc1nc2cc(-c3csc(Br)n3)ccc2o1. The largest absolute Gasteiger partial charge is 0.441 e. The molecule has 0 spiro atoms. The van der Waals surface area contributed by atoms with Crippen molar-refractivity contribution in [3.63, 3.8) is 0 Å².